The molecule has 0 N–H and O–H groups in total. The number of hydrogen-bond donors (Lipinski definition) is 0. The van der Waals surface area contributed by atoms with Crippen LogP contribution >= 0.6 is 22.7 Å². The van der Waals surface area contributed by atoms with Crippen LogP contribution < -0.4 is 0 Å². The molecule has 0 saturated carbocycles. The highest BCUT2D eigenvalue weighted by Gasteiger charge is 2.13. The third-order valence-corrected chi connectivity index (χ3v) is 12.7. The van der Waals surface area contributed by atoms with Gasteiger partial charge in [-0.05, 0) is 108 Å². The Morgan fingerprint density at radius 1 is 0.481 bits per heavy atom. The molecular formula is C50H50S2. The van der Waals surface area contributed by atoms with Gasteiger partial charge < -0.3 is 0 Å². The number of rotatable bonds is 10. The van der Waals surface area contributed by atoms with Crippen molar-refractivity contribution in [3.63, 3.8) is 0 Å². The minimum atomic E-state index is 1.26. The highest BCUT2D eigenvalue weighted by molar-refractivity contribution is 7.22. The highest BCUT2D eigenvalue weighted by Crippen LogP contribution is 2.43. The first-order valence-electron chi connectivity index (χ1n) is 19.1. The van der Waals surface area contributed by atoms with Crippen LogP contribution in [0, 0.1) is 13.8 Å². The van der Waals surface area contributed by atoms with E-state index in [4.69, 9.17) is 0 Å². The fourth-order valence-electron chi connectivity index (χ4n) is 7.45. The van der Waals surface area contributed by atoms with Crippen molar-refractivity contribution in [2.75, 3.05) is 0 Å². The van der Waals surface area contributed by atoms with Crippen molar-refractivity contribution in [1.82, 2.24) is 0 Å². The lowest BCUT2D eigenvalue weighted by Gasteiger charge is -2.09. The quantitative estimate of drug-likeness (QED) is 0.0752. The predicted octanol–water partition coefficient (Wildman–Crippen LogP) is 16.8. The lowest BCUT2D eigenvalue weighted by atomic mass is 9.94. The molecule has 0 aliphatic rings. The van der Waals surface area contributed by atoms with Gasteiger partial charge in [0.2, 0.25) is 0 Å². The maximum Gasteiger partial charge on any atom is 0.0355 e. The van der Waals surface area contributed by atoms with Crippen LogP contribution in [0.2, 0.25) is 0 Å². The lowest BCUT2D eigenvalue weighted by Crippen LogP contribution is -1.82. The Bertz CT molecular complexity index is 2360. The molecule has 6 aromatic carbocycles. The SMILES string of the molecule is C/C=C\C(=C/C)CCCCCCCC.Cc1ccc(-c2cc3c(ccc4c3ccc3c5ccc6sc(-c7ccc(C)cc7)cc6c5ccc43)s2)cc1. The summed E-state index contributed by atoms with van der Waals surface area (Å²) >= 11 is 3.77. The zero-order valence-corrected chi connectivity index (χ0v) is 33.0. The largest absolute Gasteiger partial charge is 0.135 e. The molecule has 2 heterocycles. The fourth-order valence-corrected chi connectivity index (χ4v) is 9.61. The van der Waals surface area contributed by atoms with Gasteiger partial charge >= 0.3 is 0 Å². The van der Waals surface area contributed by atoms with Gasteiger partial charge in [-0.1, -0.05) is 159 Å². The Morgan fingerprint density at radius 2 is 0.885 bits per heavy atom. The van der Waals surface area contributed by atoms with Gasteiger partial charge in [0.15, 0.2) is 0 Å². The second-order valence-corrected chi connectivity index (χ2v) is 16.4. The average Bonchev–Trinajstić information content (AvgIpc) is 3.82. The van der Waals surface area contributed by atoms with E-state index >= 15 is 0 Å². The van der Waals surface area contributed by atoms with Crippen molar-refractivity contribution in [3.8, 4) is 20.9 Å². The molecule has 0 aliphatic heterocycles. The number of fused-ring (bicyclic) bond motifs is 9. The number of aryl methyl sites for hydroxylation is 2. The van der Waals surface area contributed by atoms with E-state index in [0.717, 1.165) is 0 Å². The summed E-state index contributed by atoms with van der Waals surface area (Å²) in [6.45, 7) is 10.8. The molecule has 0 aliphatic carbocycles. The number of unbranched alkanes of at least 4 members (excludes halogenated alkanes) is 5. The monoisotopic (exact) mass is 714 g/mol. The molecule has 0 spiro atoms. The third kappa shape index (κ3) is 7.65. The molecule has 8 rings (SSSR count). The summed E-state index contributed by atoms with van der Waals surface area (Å²) in [4.78, 5) is 2.66. The van der Waals surface area contributed by atoms with Gasteiger partial charge in [-0.3, -0.25) is 0 Å². The normalized spacial score (nSPS) is 12.1. The molecule has 0 radical (unpaired) electrons. The smallest absolute Gasteiger partial charge is 0.0355 e. The van der Waals surface area contributed by atoms with Gasteiger partial charge in [0.25, 0.3) is 0 Å². The second-order valence-electron chi connectivity index (χ2n) is 14.2. The van der Waals surface area contributed by atoms with E-state index < -0.39 is 0 Å². The van der Waals surface area contributed by atoms with Crippen molar-refractivity contribution in [2.24, 2.45) is 0 Å². The summed E-state index contributed by atoms with van der Waals surface area (Å²) in [5, 5.41) is 10.7. The van der Waals surface area contributed by atoms with Crippen LogP contribution in [-0.4, -0.2) is 0 Å². The van der Waals surface area contributed by atoms with Crippen LogP contribution in [0.25, 0.3) is 73.4 Å². The Labute approximate surface area is 318 Å². The van der Waals surface area contributed by atoms with Gasteiger partial charge in [-0.2, -0.15) is 0 Å². The minimum absolute atomic E-state index is 1.26. The van der Waals surface area contributed by atoms with E-state index in [1.165, 1.54) is 135 Å². The molecule has 0 saturated heterocycles. The average molecular weight is 715 g/mol. The summed E-state index contributed by atoms with van der Waals surface area (Å²) in [6, 6.07) is 41.1. The zero-order chi connectivity index (χ0) is 36.0. The van der Waals surface area contributed by atoms with E-state index in [2.05, 4.69) is 162 Å². The number of thiophene rings is 2. The van der Waals surface area contributed by atoms with E-state index in [1.54, 1.807) is 0 Å². The first-order chi connectivity index (χ1) is 25.5. The maximum atomic E-state index is 2.38. The molecule has 2 aromatic heterocycles. The summed E-state index contributed by atoms with van der Waals surface area (Å²) < 4.78 is 2.69. The molecule has 0 nitrogen and oxygen atoms in total. The number of hydrogen-bond acceptors (Lipinski definition) is 2. The van der Waals surface area contributed by atoms with Crippen LogP contribution in [0.3, 0.4) is 0 Å². The number of benzene rings is 6. The molecule has 0 fully saturated rings. The minimum Gasteiger partial charge on any atom is -0.135 e. The van der Waals surface area contributed by atoms with E-state index in [0.29, 0.717) is 0 Å². The zero-order valence-electron chi connectivity index (χ0n) is 31.4. The fraction of sp³-hybridized carbons (Fsp3) is 0.240. The highest BCUT2D eigenvalue weighted by atomic mass is 32.1. The molecular weight excluding hydrogens is 665 g/mol. The number of allylic oxidation sites excluding steroid dienone is 4. The van der Waals surface area contributed by atoms with E-state index in [1.807, 2.05) is 22.7 Å². The molecule has 52 heavy (non-hydrogen) atoms. The first-order valence-corrected chi connectivity index (χ1v) is 20.8. The molecule has 0 unspecified atom stereocenters. The van der Waals surface area contributed by atoms with Crippen molar-refractivity contribution in [2.45, 2.75) is 79.6 Å². The first kappa shape index (κ1) is 35.9. The second kappa shape index (κ2) is 16.4. The Kier molecular flexibility index (Phi) is 11.4. The van der Waals surface area contributed by atoms with Crippen LogP contribution in [0.5, 0.6) is 0 Å². The summed E-state index contributed by atoms with van der Waals surface area (Å²) in [5.74, 6) is 0. The van der Waals surface area contributed by atoms with E-state index in [-0.39, 0.29) is 0 Å². The molecule has 8 aromatic rings. The van der Waals surface area contributed by atoms with Crippen molar-refractivity contribution >= 4 is 75.2 Å². The maximum absolute atomic E-state index is 2.38. The Hall–Kier alpha value is -4.50. The van der Waals surface area contributed by atoms with Crippen LogP contribution in [-0.2, 0) is 0 Å². The van der Waals surface area contributed by atoms with Crippen molar-refractivity contribution in [3.05, 3.63) is 144 Å². The van der Waals surface area contributed by atoms with Gasteiger partial charge in [-0.15, -0.1) is 22.7 Å². The van der Waals surface area contributed by atoms with Gasteiger partial charge in [0, 0.05) is 29.9 Å². The molecule has 2 heteroatoms. The Morgan fingerprint density at radius 3 is 1.31 bits per heavy atom. The summed E-state index contributed by atoms with van der Waals surface area (Å²) in [7, 11) is 0. The van der Waals surface area contributed by atoms with Crippen molar-refractivity contribution < 1.29 is 0 Å². The molecule has 0 amide bonds. The summed E-state index contributed by atoms with van der Waals surface area (Å²) in [6.07, 6.45) is 16.2. The van der Waals surface area contributed by atoms with Crippen LogP contribution in [0.15, 0.2) is 133 Å². The molecule has 0 atom stereocenters. The van der Waals surface area contributed by atoms with Gasteiger partial charge in [-0.25, -0.2) is 0 Å². The molecule has 262 valence electrons. The topological polar surface area (TPSA) is 0 Å². The molecule has 0 bridgehead atoms. The van der Waals surface area contributed by atoms with Crippen LogP contribution in [0.4, 0.5) is 0 Å². The third-order valence-electron chi connectivity index (χ3n) is 10.4. The lowest BCUT2D eigenvalue weighted by molar-refractivity contribution is 0.608. The van der Waals surface area contributed by atoms with Gasteiger partial charge in [0.05, 0.1) is 0 Å². The van der Waals surface area contributed by atoms with Crippen LogP contribution in [0.1, 0.15) is 76.8 Å². The van der Waals surface area contributed by atoms with Gasteiger partial charge in [0.1, 0.15) is 0 Å². The standard InChI is InChI=1S/C36H24S2.C14H26/c1-21-3-7-23(8-4-21)35-19-31-29-13-11-26-25(27(29)15-17-33(31)37-35)12-14-30-28(26)16-18-34-32(30)20-36(38-34)24-9-5-22(2)6-10-24;1-4-7-8-9-10-11-13-14(6-3)12-5-2/h3-20H,1-2H3;5-6,12H,4,7-11,13H2,1-3H3/b;12-5-,14-6+. The predicted molar refractivity (Wildman–Crippen MR) is 237 cm³/mol. The van der Waals surface area contributed by atoms with Crippen molar-refractivity contribution in [1.29, 1.82) is 0 Å². The van der Waals surface area contributed by atoms with E-state index in [9.17, 15) is 0 Å². The summed E-state index contributed by atoms with van der Waals surface area (Å²) in [5.41, 5.74) is 6.67. The Balaban J connectivity index is 0.000000258.